The van der Waals surface area contributed by atoms with E-state index in [-0.39, 0.29) is 40.2 Å². The van der Waals surface area contributed by atoms with Gasteiger partial charge in [-0.3, -0.25) is 9.36 Å². The van der Waals surface area contributed by atoms with Gasteiger partial charge in [-0.1, -0.05) is 11.8 Å². The number of carbonyl (C=O) groups is 1. The first kappa shape index (κ1) is 16.5. The van der Waals surface area contributed by atoms with Crippen LogP contribution < -0.4 is 11.5 Å². The predicted molar refractivity (Wildman–Crippen MR) is 87.4 cm³/mol. The van der Waals surface area contributed by atoms with Gasteiger partial charge in [-0.15, -0.1) is 17.0 Å². The molecule has 2 aliphatic rings. The molecule has 2 aromatic rings. The molecule has 4 unspecified atom stereocenters. The van der Waals surface area contributed by atoms with E-state index < -0.39 is 24.3 Å². The number of aliphatic hydroxyl groups is 2. The van der Waals surface area contributed by atoms with Gasteiger partial charge in [0.1, 0.15) is 23.9 Å². The highest BCUT2D eigenvalue weighted by Crippen LogP contribution is 2.52. The van der Waals surface area contributed by atoms with Crippen LogP contribution in [0, 0.1) is 0 Å². The van der Waals surface area contributed by atoms with Gasteiger partial charge in [-0.05, 0) is 0 Å². The van der Waals surface area contributed by atoms with Gasteiger partial charge in [0, 0.05) is 0 Å². The lowest BCUT2D eigenvalue weighted by atomic mass is 10.2. The van der Waals surface area contributed by atoms with E-state index in [1.165, 1.54) is 18.1 Å². The third-order valence-corrected chi connectivity index (χ3v) is 5.42. The maximum absolute atomic E-state index is 11.9. The summed E-state index contributed by atoms with van der Waals surface area (Å²) in [5, 5.41) is 20.1. The zero-order chi connectivity index (χ0) is 15.6. The highest BCUT2D eigenvalue weighted by molar-refractivity contribution is 8.93. The van der Waals surface area contributed by atoms with Crippen molar-refractivity contribution in [3.05, 3.63) is 11.9 Å². The van der Waals surface area contributed by atoms with Crippen molar-refractivity contribution in [2.24, 2.45) is 5.73 Å². The third kappa shape index (κ3) is 2.08. The van der Waals surface area contributed by atoms with Crippen LogP contribution in [0.4, 0.5) is 5.82 Å². The molecule has 0 aromatic carbocycles. The van der Waals surface area contributed by atoms with E-state index in [2.05, 4.69) is 9.97 Å². The van der Waals surface area contributed by atoms with Gasteiger partial charge >= 0.3 is 0 Å². The second kappa shape index (κ2) is 5.60. The quantitative estimate of drug-likeness (QED) is 0.519. The van der Waals surface area contributed by atoms with Crippen LogP contribution in [-0.2, 0) is 4.74 Å². The standard InChI is InChI=1S/C12H13N5O4S.BrH/c13-8-4-5(9(14)20)12-17(10(4)16-2-15-8)11-7(22-12)6(19)3(1-18)21-11;/h2-3,6-7,11,18-19H,1H2,(H2,14,20)(H2,13,15,16);1H. The molecule has 0 aliphatic carbocycles. The van der Waals surface area contributed by atoms with Crippen LogP contribution in [0.2, 0.25) is 0 Å². The molecule has 2 aromatic heterocycles. The largest absolute Gasteiger partial charge is 0.394 e. The summed E-state index contributed by atoms with van der Waals surface area (Å²) in [7, 11) is 0. The summed E-state index contributed by atoms with van der Waals surface area (Å²) in [6.07, 6.45) is -0.779. The highest BCUT2D eigenvalue weighted by atomic mass is 79.9. The van der Waals surface area contributed by atoms with E-state index >= 15 is 0 Å². The number of ether oxygens (including phenoxy) is 1. The minimum atomic E-state index is -0.852. The fourth-order valence-corrected chi connectivity index (χ4v) is 4.55. The molecule has 23 heavy (non-hydrogen) atoms. The van der Waals surface area contributed by atoms with Crippen molar-refractivity contribution in [3.8, 4) is 0 Å². The lowest BCUT2D eigenvalue weighted by Crippen LogP contribution is -2.30. The van der Waals surface area contributed by atoms with Crippen LogP contribution >= 0.6 is 28.7 Å². The summed E-state index contributed by atoms with van der Waals surface area (Å²) in [6, 6.07) is 0. The number of rotatable bonds is 2. The highest BCUT2D eigenvalue weighted by Gasteiger charge is 2.51. The molecule has 124 valence electrons. The molecule has 11 heteroatoms. The molecule has 2 aliphatic heterocycles. The number of halogens is 1. The lowest BCUT2D eigenvalue weighted by Gasteiger charge is -2.13. The van der Waals surface area contributed by atoms with E-state index in [0.717, 1.165) is 0 Å². The van der Waals surface area contributed by atoms with Crippen LogP contribution in [-0.4, -0.2) is 54.7 Å². The molecular formula is C12H14BrN5O4S. The summed E-state index contributed by atoms with van der Waals surface area (Å²) in [4.78, 5) is 19.9. The molecular weight excluding hydrogens is 390 g/mol. The summed E-state index contributed by atoms with van der Waals surface area (Å²) >= 11 is 1.28. The van der Waals surface area contributed by atoms with Gasteiger partial charge in [0.05, 0.1) is 33.9 Å². The Morgan fingerprint density at radius 1 is 1.48 bits per heavy atom. The summed E-state index contributed by atoms with van der Waals surface area (Å²) in [5.74, 6) is -0.476. The van der Waals surface area contributed by atoms with Gasteiger partial charge in [-0.25, -0.2) is 9.97 Å². The van der Waals surface area contributed by atoms with Crippen LogP contribution in [0.1, 0.15) is 16.6 Å². The first-order valence-corrected chi connectivity index (χ1v) is 7.47. The number of aliphatic hydroxyl groups excluding tert-OH is 2. The number of nitrogen functional groups attached to an aromatic ring is 1. The number of nitrogens with two attached hydrogens (primary N) is 2. The molecule has 0 spiro atoms. The average molecular weight is 404 g/mol. The number of primary amides is 1. The Labute approximate surface area is 144 Å². The average Bonchev–Trinajstić information content (AvgIpc) is 3.08. The SMILES string of the molecule is Br.NC(=O)c1c2n(c3ncnc(N)c13)C1OC(CO)C(O)C1S2. The number of anilines is 1. The number of fused-ring (bicyclic) bond motifs is 5. The Bertz CT molecular complexity index is 799. The predicted octanol–water partition coefficient (Wildman–Crippen LogP) is -0.585. The molecule has 0 saturated carbocycles. The lowest BCUT2D eigenvalue weighted by molar-refractivity contribution is -0.0445. The molecule has 4 heterocycles. The van der Waals surface area contributed by atoms with Gasteiger partial charge in [0.2, 0.25) is 0 Å². The van der Waals surface area contributed by atoms with E-state index in [4.69, 9.17) is 16.2 Å². The molecule has 0 bridgehead atoms. The maximum Gasteiger partial charge on any atom is 0.252 e. The molecule has 9 nitrogen and oxygen atoms in total. The van der Waals surface area contributed by atoms with Gasteiger partial charge in [0.15, 0.2) is 6.23 Å². The van der Waals surface area contributed by atoms with E-state index in [9.17, 15) is 15.0 Å². The second-order valence-corrected chi connectivity index (χ2v) is 6.36. The monoisotopic (exact) mass is 403 g/mol. The summed E-state index contributed by atoms with van der Waals surface area (Å²) < 4.78 is 7.40. The van der Waals surface area contributed by atoms with E-state index in [0.29, 0.717) is 16.1 Å². The number of carbonyl (C=O) groups excluding carboxylic acids is 1. The maximum atomic E-state index is 11.9. The van der Waals surface area contributed by atoms with Crippen molar-refractivity contribution in [3.63, 3.8) is 0 Å². The Morgan fingerprint density at radius 2 is 2.22 bits per heavy atom. The fraction of sp³-hybridized carbons (Fsp3) is 0.417. The number of aromatic nitrogens is 3. The fourth-order valence-electron chi connectivity index (χ4n) is 3.05. The Morgan fingerprint density at radius 3 is 2.87 bits per heavy atom. The summed E-state index contributed by atoms with van der Waals surface area (Å²) in [6.45, 7) is -0.289. The van der Waals surface area contributed by atoms with Gasteiger partial charge in [0.25, 0.3) is 5.91 Å². The van der Waals surface area contributed by atoms with E-state index in [1.54, 1.807) is 4.57 Å². The number of thioether (sulfide) groups is 1. The number of amides is 1. The topological polar surface area (TPSA) is 150 Å². The number of hydrogen-bond acceptors (Lipinski definition) is 8. The third-order valence-electron chi connectivity index (χ3n) is 4.01. The number of hydrogen-bond donors (Lipinski definition) is 4. The van der Waals surface area contributed by atoms with Crippen molar-refractivity contribution in [1.82, 2.24) is 14.5 Å². The molecule has 6 N–H and O–H groups in total. The Balaban J connectivity index is 0.00000156. The van der Waals surface area contributed by atoms with Crippen molar-refractivity contribution >= 4 is 51.5 Å². The number of nitrogens with zero attached hydrogens (tertiary/aromatic N) is 3. The molecule has 1 fully saturated rings. The van der Waals surface area contributed by atoms with Crippen LogP contribution in [0.15, 0.2) is 11.4 Å². The normalized spacial score (nSPS) is 28.4. The minimum Gasteiger partial charge on any atom is -0.394 e. The van der Waals surface area contributed by atoms with Crippen molar-refractivity contribution in [2.45, 2.75) is 28.7 Å². The Hall–Kier alpha value is -1.40. The molecule has 4 rings (SSSR count). The molecule has 4 atom stereocenters. The smallest absolute Gasteiger partial charge is 0.252 e. The van der Waals surface area contributed by atoms with Crippen molar-refractivity contribution in [1.29, 1.82) is 0 Å². The van der Waals surface area contributed by atoms with Crippen molar-refractivity contribution < 1.29 is 19.7 Å². The van der Waals surface area contributed by atoms with E-state index in [1.807, 2.05) is 0 Å². The van der Waals surface area contributed by atoms with Gasteiger partial charge < -0.3 is 26.4 Å². The zero-order valence-electron chi connectivity index (χ0n) is 11.6. The first-order chi connectivity index (χ1) is 10.5. The van der Waals surface area contributed by atoms with Crippen LogP contribution in [0.5, 0.6) is 0 Å². The summed E-state index contributed by atoms with van der Waals surface area (Å²) in [5.41, 5.74) is 12.0. The Kier molecular flexibility index (Phi) is 4.01. The minimum absolute atomic E-state index is 0. The van der Waals surface area contributed by atoms with Crippen LogP contribution in [0.3, 0.4) is 0 Å². The van der Waals surface area contributed by atoms with Crippen LogP contribution in [0.25, 0.3) is 11.0 Å². The molecule has 1 saturated heterocycles. The zero-order valence-corrected chi connectivity index (χ0v) is 14.1. The molecule has 1 amide bonds. The molecule has 0 radical (unpaired) electrons. The van der Waals surface area contributed by atoms with Gasteiger partial charge in [-0.2, -0.15) is 0 Å². The second-order valence-electron chi connectivity index (χ2n) is 5.19. The first-order valence-electron chi connectivity index (χ1n) is 6.59. The van der Waals surface area contributed by atoms with Crippen molar-refractivity contribution in [2.75, 3.05) is 12.3 Å².